The fraction of sp³-hybridized carbons (Fsp3) is 0.156. The molecule has 0 aliphatic rings. The van der Waals surface area contributed by atoms with Crippen LogP contribution in [0.25, 0.3) is 11.3 Å². The Balaban J connectivity index is 1.57. The van der Waals surface area contributed by atoms with E-state index in [1.807, 2.05) is 24.3 Å². The van der Waals surface area contributed by atoms with Crippen LogP contribution in [0.1, 0.15) is 68.5 Å². The van der Waals surface area contributed by atoms with Gasteiger partial charge < -0.3 is 15.2 Å². The number of nitrogens with one attached hydrogen (secondary N) is 1. The third kappa shape index (κ3) is 6.97. The number of anilines is 1. The Hall–Kier alpha value is -5.29. The van der Waals surface area contributed by atoms with Crippen LogP contribution < -0.4 is 5.32 Å². The van der Waals surface area contributed by atoms with Crippen molar-refractivity contribution in [2.75, 3.05) is 5.32 Å². The number of hydrogen-bond acceptors (Lipinski definition) is 6. The van der Waals surface area contributed by atoms with Crippen LogP contribution in [0.3, 0.4) is 0 Å². The van der Waals surface area contributed by atoms with Gasteiger partial charge in [-0.2, -0.15) is 0 Å². The van der Waals surface area contributed by atoms with Gasteiger partial charge >= 0.3 is 11.9 Å². The molecule has 0 fully saturated rings. The van der Waals surface area contributed by atoms with Gasteiger partial charge in [-0.1, -0.05) is 24.0 Å². The number of pyridine rings is 2. The molecule has 2 aromatic carbocycles. The maximum absolute atomic E-state index is 13.0. The first-order valence-corrected chi connectivity index (χ1v) is 12.4. The molecule has 8 heteroatoms. The van der Waals surface area contributed by atoms with E-state index in [1.54, 1.807) is 52.2 Å². The van der Waals surface area contributed by atoms with Crippen molar-refractivity contribution in [1.82, 2.24) is 9.97 Å². The maximum atomic E-state index is 13.0. The Morgan fingerprint density at radius 3 is 2.15 bits per heavy atom. The molecule has 2 heterocycles. The van der Waals surface area contributed by atoms with Crippen molar-refractivity contribution < 1.29 is 24.2 Å². The lowest BCUT2D eigenvalue weighted by molar-refractivity contribution is 0.00691. The highest BCUT2D eigenvalue weighted by atomic mass is 16.6. The summed E-state index contributed by atoms with van der Waals surface area (Å²) in [5.41, 5.74) is 2.86. The number of carbonyl (C=O) groups is 3. The second-order valence-corrected chi connectivity index (χ2v) is 9.94. The lowest BCUT2D eigenvalue weighted by atomic mass is 10.0. The Morgan fingerprint density at radius 2 is 1.55 bits per heavy atom. The van der Waals surface area contributed by atoms with Gasteiger partial charge in [0.1, 0.15) is 11.4 Å². The van der Waals surface area contributed by atoms with Gasteiger partial charge in [0, 0.05) is 40.2 Å². The van der Waals surface area contributed by atoms with Crippen LogP contribution in [0.5, 0.6) is 0 Å². The minimum absolute atomic E-state index is 0.0148. The third-order valence-electron chi connectivity index (χ3n) is 5.71. The lowest BCUT2D eigenvalue weighted by Crippen LogP contribution is -2.24. The Bertz CT molecular complexity index is 1630. The van der Waals surface area contributed by atoms with Crippen molar-refractivity contribution >= 4 is 23.7 Å². The van der Waals surface area contributed by atoms with Gasteiger partial charge in [0.2, 0.25) is 0 Å². The summed E-state index contributed by atoms with van der Waals surface area (Å²) < 4.78 is 5.35. The number of carboxylic acid groups (broad SMARTS) is 1. The van der Waals surface area contributed by atoms with Gasteiger partial charge in [-0.3, -0.25) is 9.78 Å². The molecule has 0 saturated heterocycles. The van der Waals surface area contributed by atoms with E-state index in [0.717, 1.165) is 11.1 Å². The first-order chi connectivity index (χ1) is 19.0. The topological polar surface area (TPSA) is 118 Å². The van der Waals surface area contributed by atoms with Crippen molar-refractivity contribution in [3.63, 3.8) is 0 Å². The summed E-state index contributed by atoms with van der Waals surface area (Å²) in [4.78, 5) is 45.8. The standard InChI is InChI=1S/C32H27N3O5/c1-20-26(30(37)38)18-27(23-11-9-21(10-12-23)7-8-22-6-5-17-33-19-22)34-28(20)35-29(36)24-13-15-25(16-14-24)31(39)40-32(2,3)4/h5-6,9-19H,1-4H3,(H,37,38)(H,34,35,36). The maximum Gasteiger partial charge on any atom is 0.338 e. The van der Waals surface area contributed by atoms with E-state index in [2.05, 4.69) is 27.1 Å². The highest BCUT2D eigenvalue weighted by molar-refractivity contribution is 6.05. The second-order valence-electron chi connectivity index (χ2n) is 9.94. The molecule has 0 saturated carbocycles. The Morgan fingerprint density at radius 1 is 0.900 bits per heavy atom. The number of carboxylic acids is 1. The van der Waals surface area contributed by atoms with E-state index < -0.39 is 23.4 Å². The molecule has 40 heavy (non-hydrogen) atoms. The number of hydrogen-bond donors (Lipinski definition) is 2. The second kappa shape index (κ2) is 11.6. The van der Waals surface area contributed by atoms with E-state index >= 15 is 0 Å². The van der Waals surface area contributed by atoms with Gasteiger partial charge in [0.05, 0.1) is 16.8 Å². The zero-order chi connectivity index (χ0) is 28.9. The number of carbonyl (C=O) groups excluding carboxylic acids is 2. The number of amides is 1. The largest absolute Gasteiger partial charge is 0.478 e. The van der Waals surface area contributed by atoms with E-state index in [0.29, 0.717) is 22.4 Å². The third-order valence-corrected chi connectivity index (χ3v) is 5.71. The highest BCUT2D eigenvalue weighted by Crippen LogP contribution is 2.26. The van der Waals surface area contributed by atoms with Crippen molar-refractivity contribution in [3.8, 4) is 23.1 Å². The molecule has 0 bridgehead atoms. The Kier molecular flexibility index (Phi) is 8.06. The molecular weight excluding hydrogens is 506 g/mol. The summed E-state index contributed by atoms with van der Waals surface area (Å²) >= 11 is 0. The molecule has 200 valence electrons. The first kappa shape index (κ1) is 27.7. The smallest absolute Gasteiger partial charge is 0.338 e. The van der Waals surface area contributed by atoms with Crippen LogP contribution in [0, 0.1) is 18.8 Å². The first-order valence-electron chi connectivity index (χ1n) is 12.4. The summed E-state index contributed by atoms with van der Waals surface area (Å²) in [6.07, 6.45) is 3.36. The number of rotatable bonds is 5. The summed E-state index contributed by atoms with van der Waals surface area (Å²) in [6.45, 7) is 6.90. The van der Waals surface area contributed by atoms with Crippen LogP contribution in [0.2, 0.25) is 0 Å². The molecule has 2 N–H and O–H groups in total. The molecule has 2 aromatic heterocycles. The predicted molar refractivity (Wildman–Crippen MR) is 151 cm³/mol. The fourth-order valence-corrected chi connectivity index (χ4v) is 3.68. The number of nitrogens with zero attached hydrogens (tertiary/aromatic N) is 2. The number of aromatic carboxylic acids is 1. The van der Waals surface area contributed by atoms with Crippen LogP contribution in [0.4, 0.5) is 5.82 Å². The molecule has 0 aliphatic heterocycles. The van der Waals surface area contributed by atoms with E-state index in [-0.39, 0.29) is 16.9 Å². The highest BCUT2D eigenvalue weighted by Gasteiger charge is 2.20. The van der Waals surface area contributed by atoms with Gasteiger partial charge in [-0.05, 0) is 82.3 Å². The minimum Gasteiger partial charge on any atom is -0.478 e. The van der Waals surface area contributed by atoms with Crippen molar-refractivity contribution in [2.45, 2.75) is 33.3 Å². The molecule has 8 nitrogen and oxygen atoms in total. The van der Waals surface area contributed by atoms with Gasteiger partial charge in [0.25, 0.3) is 5.91 Å². The molecule has 0 spiro atoms. The van der Waals surface area contributed by atoms with Gasteiger partial charge in [0.15, 0.2) is 0 Å². The monoisotopic (exact) mass is 533 g/mol. The normalized spacial score (nSPS) is 10.7. The van der Waals surface area contributed by atoms with Crippen LogP contribution >= 0.6 is 0 Å². The average Bonchev–Trinajstić information content (AvgIpc) is 2.93. The predicted octanol–water partition coefficient (Wildman–Crippen LogP) is 5.76. The zero-order valence-corrected chi connectivity index (χ0v) is 22.5. The Labute approximate surface area is 232 Å². The molecule has 0 unspecified atom stereocenters. The number of benzene rings is 2. The summed E-state index contributed by atoms with van der Waals surface area (Å²) in [7, 11) is 0. The number of esters is 1. The van der Waals surface area contributed by atoms with Gasteiger partial charge in [-0.15, -0.1) is 0 Å². The van der Waals surface area contributed by atoms with Crippen molar-refractivity contribution in [1.29, 1.82) is 0 Å². The summed E-state index contributed by atoms with van der Waals surface area (Å²) in [6, 6.07) is 18.3. The number of aromatic nitrogens is 2. The quantitative estimate of drug-likeness (QED) is 0.247. The summed E-state index contributed by atoms with van der Waals surface area (Å²) in [5, 5.41) is 12.5. The number of ether oxygens (including phenoxy) is 1. The molecule has 1 amide bonds. The van der Waals surface area contributed by atoms with Crippen LogP contribution in [-0.4, -0.2) is 38.5 Å². The molecule has 0 atom stereocenters. The average molecular weight is 534 g/mol. The summed E-state index contributed by atoms with van der Waals surface area (Å²) in [5.74, 6) is 4.09. The van der Waals surface area contributed by atoms with E-state index in [9.17, 15) is 19.5 Å². The van der Waals surface area contributed by atoms with Gasteiger partial charge in [-0.25, -0.2) is 14.6 Å². The van der Waals surface area contributed by atoms with E-state index in [4.69, 9.17) is 4.74 Å². The molecule has 4 aromatic rings. The molecular formula is C32H27N3O5. The SMILES string of the molecule is Cc1c(C(=O)O)cc(-c2ccc(C#Cc3cccnc3)cc2)nc1NC(=O)c1ccc(C(=O)OC(C)(C)C)cc1. The molecule has 0 aliphatic carbocycles. The van der Waals surface area contributed by atoms with Crippen molar-refractivity contribution in [2.24, 2.45) is 0 Å². The zero-order valence-electron chi connectivity index (χ0n) is 22.5. The lowest BCUT2D eigenvalue weighted by Gasteiger charge is -2.19. The van der Waals surface area contributed by atoms with Crippen LogP contribution in [-0.2, 0) is 4.74 Å². The van der Waals surface area contributed by atoms with E-state index in [1.165, 1.54) is 30.3 Å². The van der Waals surface area contributed by atoms with Crippen LogP contribution in [0.15, 0.2) is 79.1 Å². The molecule has 4 rings (SSSR count). The minimum atomic E-state index is -1.14. The fourth-order valence-electron chi connectivity index (χ4n) is 3.68. The molecule has 0 radical (unpaired) electrons. The van der Waals surface area contributed by atoms with Crippen molar-refractivity contribution in [3.05, 3.63) is 113 Å².